The summed E-state index contributed by atoms with van der Waals surface area (Å²) in [6.45, 7) is 3.66. The van der Waals surface area contributed by atoms with Gasteiger partial charge in [0.2, 0.25) is 0 Å². The van der Waals surface area contributed by atoms with Crippen LogP contribution in [-0.4, -0.2) is 10.9 Å². The molecule has 0 unspecified atom stereocenters. The molecule has 0 fully saturated rings. The Morgan fingerprint density at radius 1 is 1.33 bits per heavy atom. The minimum absolute atomic E-state index is 0.0592. The van der Waals surface area contributed by atoms with Crippen molar-refractivity contribution in [2.24, 2.45) is 0 Å². The van der Waals surface area contributed by atoms with Crippen molar-refractivity contribution in [2.75, 3.05) is 0 Å². The molecule has 106 valence electrons. The zero-order chi connectivity index (χ0) is 15.4. The van der Waals surface area contributed by atoms with E-state index in [1.807, 2.05) is 13.0 Å². The monoisotopic (exact) mass is 283 g/mol. The number of aryl methyl sites for hydroxylation is 2. The van der Waals surface area contributed by atoms with Gasteiger partial charge in [-0.2, -0.15) is 5.26 Å². The van der Waals surface area contributed by atoms with Crippen LogP contribution in [0.25, 0.3) is 0 Å². The Morgan fingerprint density at radius 3 is 2.71 bits per heavy atom. The number of rotatable bonds is 3. The highest BCUT2D eigenvalue weighted by Crippen LogP contribution is 2.11. The van der Waals surface area contributed by atoms with Crippen LogP contribution in [0.4, 0.5) is 4.39 Å². The molecule has 2 rings (SSSR count). The largest absolute Gasteiger partial charge is 0.348 e. The van der Waals surface area contributed by atoms with Crippen molar-refractivity contribution in [1.82, 2.24) is 10.3 Å². The lowest BCUT2D eigenvalue weighted by atomic mass is 10.1. The molecule has 2 aromatic rings. The van der Waals surface area contributed by atoms with E-state index in [4.69, 9.17) is 5.26 Å². The molecule has 5 heteroatoms. The molecule has 1 aromatic carbocycles. The molecular formula is C16H14FN3O. The quantitative estimate of drug-likeness (QED) is 0.941. The highest BCUT2D eigenvalue weighted by Gasteiger charge is 2.11. The van der Waals surface area contributed by atoms with Crippen molar-refractivity contribution in [3.63, 3.8) is 0 Å². The van der Waals surface area contributed by atoms with Crippen LogP contribution in [0.2, 0.25) is 0 Å². The number of carbonyl (C=O) groups is 1. The van der Waals surface area contributed by atoms with Gasteiger partial charge in [0.05, 0.1) is 22.9 Å². The molecule has 21 heavy (non-hydrogen) atoms. The zero-order valence-corrected chi connectivity index (χ0v) is 11.8. The summed E-state index contributed by atoms with van der Waals surface area (Å²) in [5.74, 6) is -0.808. The lowest BCUT2D eigenvalue weighted by molar-refractivity contribution is 0.0949. The molecule has 1 heterocycles. The molecule has 0 saturated carbocycles. The van der Waals surface area contributed by atoms with E-state index in [1.165, 1.54) is 12.1 Å². The fourth-order valence-electron chi connectivity index (χ4n) is 1.96. The molecule has 0 saturated heterocycles. The van der Waals surface area contributed by atoms with Crippen LogP contribution in [0, 0.1) is 31.0 Å². The summed E-state index contributed by atoms with van der Waals surface area (Å²) in [5.41, 5.74) is 2.52. The number of pyridine rings is 1. The molecule has 0 aliphatic heterocycles. The van der Waals surface area contributed by atoms with Gasteiger partial charge in [0, 0.05) is 17.8 Å². The molecule has 4 nitrogen and oxygen atoms in total. The van der Waals surface area contributed by atoms with Crippen LogP contribution in [0.5, 0.6) is 0 Å². The van der Waals surface area contributed by atoms with Gasteiger partial charge in [-0.05, 0) is 38.1 Å². The Kier molecular flexibility index (Phi) is 4.29. The van der Waals surface area contributed by atoms with Gasteiger partial charge in [-0.15, -0.1) is 0 Å². The molecule has 1 amide bonds. The second kappa shape index (κ2) is 6.14. The zero-order valence-electron chi connectivity index (χ0n) is 11.8. The SMILES string of the molecule is Cc1ccc(C(=O)NCc2ccc(C#N)cc2F)c(C)n1. The number of amides is 1. The fraction of sp³-hybridized carbons (Fsp3) is 0.188. The van der Waals surface area contributed by atoms with Gasteiger partial charge in [-0.25, -0.2) is 4.39 Å². The van der Waals surface area contributed by atoms with Crippen LogP contribution in [-0.2, 0) is 6.54 Å². The fourth-order valence-corrected chi connectivity index (χ4v) is 1.96. The van der Waals surface area contributed by atoms with Crippen LogP contribution in [0.3, 0.4) is 0 Å². The summed E-state index contributed by atoms with van der Waals surface area (Å²) >= 11 is 0. The molecule has 0 spiro atoms. The molecule has 0 atom stereocenters. The van der Waals surface area contributed by atoms with E-state index in [0.29, 0.717) is 16.8 Å². The van der Waals surface area contributed by atoms with Crippen molar-refractivity contribution >= 4 is 5.91 Å². The Hall–Kier alpha value is -2.74. The summed E-state index contributed by atoms with van der Waals surface area (Å²) in [6, 6.07) is 9.48. The van der Waals surface area contributed by atoms with Gasteiger partial charge < -0.3 is 5.32 Å². The van der Waals surface area contributed by atoms with Crippen molar-refractivity contribution < 1.29 is 9.18 Å². The Balaban J connectivity index is 2.09. The number of nitriles is 1. The van der Waals surface area contributed by atoms with E-state index in [0.717, 1.165) is 11.8 Å². The van der Waals surface area contributed by atoms with Gasteiger partial charge in [0.25, 0.3) is 5.91 Å². The first kappa shape index (κ1) is 14.7. The maximum atomic E-state index is 13.7. The number of aromatic nitrogens is 1. The highest BCUT2D eigenvalue weighted by atomic mass is 19.1. The van der Waals surface area contributed by atoms with Crippen LogP contribution in [0.1, 0.15) is 32.9 Å². The van der Waals surface area contributed by atoms with Gasteiger partial charge in [-0.1, -0.05) is 6.07 Å². The smallest absolute Gasteiger partial charge is 0.253 e. The highest BCUT2D eigenvalue weighted by molar-refractivity contribution is 5.95. The van der Waals surface area contributed by atoms with Gasteiger partial charge in [0.1, 0.15) is 5.82 Å². The molecule has 0 aliphatic rings. The second-order valence-corrected chi connectivity index (χ2v) is 4.69. The van der Waals surface area contributed by atoms with Crippen LogP contribution in [0.15, 0.2) is 30.3 Å². The molecule has 0 aliphatic carbocycles. The maximum Gasteiger partial charge on any atom is 0.253 e. The Morgan fingerprint density at radius 2 is 2.10 bits per heavy atom. The molecule has 0 radical (unpaired) electrons. The van der Waals surface area contributed by atoms with E-state index in [9.17, 15) is 9.18 Å². The van der Waals surface area contributed by atoms with E-state index < -0.39 is 5.82 Å². The predicted molar refractivity (Wildman–Crippen MR) is 76.0 cm³/mol. The van der Waals surface area contributed by atoms with E-state index in [1.54, 1.807) is 19.1 Å². The van der Waals surface area contributed by atoms with Crippen LogP contribution < -0.4 is 5.32 Å². The lowest BCUT2D eigenvalue weighted by Crippen LogP contribution is -2.24. The molecule has 1 N–H and O–H groups in total. The normalized spacial score (nSPS) is 10.0. The third-order valence-corrected chi connectivity index (χ3v) is 3.09. The van der Waals surface area contributed by atoms with Crippen molar-refractivity contribution in [1.29, 1.82) is 5.26 Å². The van der Waals surface area contributed by atoms with Gasteiger partial charge >= 0.3 is 0 Å². The number of benzene rings is 1. The summed E-state index contributed by atoms with van der Waals surface area (Å²) in [5, 5.41) is 11.3. The first-order chi connectivity index (χ1) is 10.0. The molecular weight excluding hydrogens is 269 g/mol. The minimum Gasteiger partial charge on any atom is -0.348 e. The summed E-state index contributed by atoms with van der Waals surface area (Å²) in [7, 11) is 0. The average Bonchev–Trinajstić information content (AvgIpc) is 2.45. The Bertz CT molecular complexity index is 735. The number of nitrogens with one attached hydrogen (secondary N) is 1. The van der Waals surface area contributed by atoms with E-state index in [2.05, 4.69) is 10.3 Å². The van der Waals surface area contributed by atoms with Crippen molar-refractivity contribution in [2.45, 2.75) is 20.4 Å². The minimum atomic E-state index is -0.506. The summed E-state index contributed by atoms with van der Waals surface area (Å²) in [6.07, 6.45) is 0. The topological polar surface area (TPSA) is 65.8 Å². The van der Waals surface area contributed by atoms with Crippen molar-refractivity contribution in [3.05, 3.63) is 64.2 Å². The number of carbonyl (C=O) groups excluding carboxylic acids is 1. The lowest BCUT2D eigenvalue weighted by Gasteiger charge is -2.08. The Labute approximate surface area is 122 Å². The second-order valence-electron chi connectivity index (χ2n) is 4.69. The van der Waals surface area contributed by atoms with Crippen molar-refractivity contribution in [3.8, 4) is 6.07 Å². The molecule has 1 aromatic heterocycles. The third kappa shape index (κ3) is 3.42. The number of hydrogen-bond donors (Lipinski definition) is 1. The summed E-state index contributed by atoms with van der Waals surface area (Å²) in [4.78, 5) is 16.3. The third-order valence-electron chi connectivity index (χ3n) is 3.09. The van der Waals surface area contributed by atoms with Gasteiger partial charge in [0.15, 0.2) is 0 Å². The first-order valence-electron chi connectivity index (χ1n) is 6.42. The average molecular weight is 283 g/mol. The number of hydrogen-bond acceptors (Lipinski definition) is 3. The maximum absolute atomic E-state index is 13.7. The van der Waals surface area contributed by atoms with E-state index in [-0.39, 0.29) is 18.0 Å². The number of halogens is 1. The van der Waals surface area contributed by atoms with Gasteiger partial charge in [-0.3, -0.25) is 9.78 Å². The van der Waals surface area contributed by atoms with E-state index >= 15 is 0 Å². The standard InChI is InChI=1S/C16H14FN3O/c1-10-3-6-14(11(2)20-10)16(21)19-9-13-5-4-12(8-18)7-15(13)17/h3-7H,9H2,1-2H3,(H,19,21). The molecule has 0 bridgehead atoms. The van der Waals surface area contributed by atoms with Crippen LogP contribution >= 0.6 is 0 Å². The first-order valence-corrected chi connectivity index (χ1v) is 6.42. The summed E-state index contributed by atoms with van der Waals surface area (Å²) < 4.78 is 13.7. The predicted octanol–water partition coefficient (Wildman–Crippen LogP) is 2.64. The number of nitrogens with zero attached hydrogens (tertiary/aromatic N) is 2.